The quantitative estimate of drug-likeness (QED) is 0.411. The summed E-state index contributed by atoms with van der Waals surface area (Å²) in [6.45, 7) is 0. The summed E-state index contributed by atoms with van der Waals surface area (Å²) in [4.78, 5) is 15.6. The molecule has 1 aromatic rings. The van der Waals surface area contributed by atoms with Gasteiger partial charge in [0.1, 0.15) is 7.11 Å². The lowest BCUT2D eigenvalue weighted by atomic mass is 10.3. The van der Waals surface area contributed by atoms with E-state index in [0.29, 0.717) is 10.4 Å². The topological polar surface area (TPSA) is 90.7 Å². The standard InChI is InChI=1S/C7H9N3O2S/c1-12-10-6(8)4-2-5(7(9)11)13-3-4/h2-3H,1H3,(H2,8,10)(H2,9,11). The van der Waals surface area contributed by atoms with E-state index in [1.54, 1.807) is 11.4 Å². The van der Waals surface area contributed by atoms with E-state index in [2.05, 4.69) is 9.99 Å². The molecule has 5 nitrogen and oxygen atoms in total. The Labute approximate surface area is 79.0 Å². The maximum absolute atomic E-state index is 10.7. The molecule has 0 saturated carbocycles. The zero-order chi connectivity index (χ0) is 9.84. The Morgan fingerprint density at radius 1 is 1.62 bits per heavy atom. The van der Waals surface area contributed by atoms with Crippen molar-refractivity contribution in [3.05, 3.63) is 21.9 Å². The van der Waals surface area contributed by atoms with Crippen LogP contribution in [-0.2, 0) is 4.84 Å². The number of hydrogen-bond acceptors (Lipinski definition) is 4. The molecule has 0 unspecified atom stereocenters. The van der Waals surface area contributed by atoms with Gasteiger partial charge in [0.05, 0.1) is 4.88 Å². The van der Waals surface area contributed by atoms with Crippen molar-refractivity contribution in [2.24, 2.45) is 16.6 Å². The molecule has 0 aliphatic carbocycles. The maximum atomic E-state index is 10.7. The molecule has 1 heterocycles. The van der Waals surface area contributed by atoms with Gasteiger partial charge in [-0.2, -0.15) is 0 Å². The average molecular weight is 199 g/mol. The first-order valence-electron chi connectivity index (χ1n) is 3.40. The van der Waals surface area contributed by atoms with E-state index in [0.717, 1.165) is 0 Å². The predicted molar refractivity (Wildman–Crippen MR) is 50.6 cm³/mol. The number of amides is 1. The van der Waals surface area contributed by atoms with Crippen LogP contribution in [0.5, 0.6) is 0 Å². The fourth-order valence-corrected chi connectivity index (χ4v) is 1.50. The minimum absolute atomic E-state index is 0.228. The van der Waals surface area contributed by atoms with Gasteiger partial charge in [0.2, 0.25) is 0 Å². The third-order valence-electron chi connectivity index (χ3n) is 1.33. The van der Waals surface area contributed by atoms with Gasteiger partial charge < -0.3 is 16.3 Å². The van der Waals surface area contributed by atoms with Crippen LogP contribution < -0.4 is 11.5 Å². The van der Waals surface area contributed by atoms with Crippen LogP contribution in [-0.4, -0.2) is 18.9 Å². The van der Waals surface area contributed by atoms with E-state index >= 15 is 0 Å². The zero-order valence-electron chi connectivity index (χ0n) is 6.98. The highest BCUT2D eigenvalue weighted by atomic mass is 32.1. The Morgan fingerprint density at radius 2 is 2.31 bits per heavy atom. The van der Waals surface area contributed by atoms with Gasteiger partial charge in [-0.05, 0) is 6.07 Å². The smallest absolute Gasteiger partial charge is 0.258 e. The molecule has 0 aliphatic rings. The Kier molecular flexibility index (Phi) is 2.86. The number of thiophene rings is 1. The highest BCUT2D eigenvalue weighted by Crippen LogP contribution is 2.13. The number of primary amides is 1. The van der Waals surface area contributed by atoms with Gasteiger partial charge in [0, 0.05) is 10.9 Å². The third-order valence-corrected chi connectivity index (χ3v) is 2.27. The summed E-state index contributed by atoms with van der Waals surface area (Å²) in [5.74, 6) is -0.243. The number of rotatable bonds is 3. The molecule has 1 aromatic heterocycles. The van der Waals surface area contributed by atoms with Crippen molar-refractivity contribution in [2.45, 2.75) is 0 Å². The molecule has 0 atom stereocenters. The molecule has 4 N–H and O–H groups in total. The monoisotopic (exact) mass is 199 g/mol. The Hall–Kier alpha value is -1.56. The molecule has 0 radical (unpaired) electrons. The minimum Gasteiger partial charge on any atom is -0.397 e. The number of carbonyl (C=O) groups excluding carboxylic acids is 1. The van der Waals surface area contributed by atoms with Crippen molar-refractivity contribution in [1.82, 2.24) is 0 Å². The van der Waals surface area contributed by atoms with Gasteiger partial charge in [-0.15, -0.1) is 11.3 Å². The van der Waals surface area contributed by atoms with Crippen LogP contribution in [0.1, 0.15) is 15.2 Å². The van der Waals surface area contributed by atoms with Crippen LogP contribution in [0.4, 0.5) is 0 Å². The second kappa shape index (κ2) is 3.90. The van der Waals surface area contributed by atoms with E-state index in [9.17, 15) is 4.79 Å². The average Bonchev–Trinajstić information content (AvgIpc) is 2.52. The van der Waals surface area contributed by atoms with Gasteiger partial charge in [0.25, 0.3) is 5.91 Å². The molecule has 1 amide bonds. The summed E-state index contributed by atoms with van der Waals surface area (Å²) in [6, 6.07) is 1.57. The minimum atomic E-state index is -0.471. The van der Waals surface area contributed by atoms with Crippen molar-refractivity contribution in [1.29, 1.82) is 0 Å². The number of hydrogen-bond donors (Lipinski definition) is 2. The summed E-state index contributed by atoms with van der Waals surface area (Å²) in [6.07, 6.45) is 0. The predicted octanol–water partition coefficient (Wildman–Crippen LogP) is 0.114. The maximum Gasteiger partial charge on any atom is 0.258 e. The summed E-state index contributed by atoms with van der Waals surface area (Å²) < 4.78 is 0. The Morgan fingerprint density at radius 3 is 2.77 bits per heavy atom. The zero-order valence-corrected chi connectivity index (χ0v) is 7.80. The molecule has 6 heteroatoms. The van der Waals surface area contributed by atoms with Crippen LogP contribution in [0.3, 0.4) is 0 Å². The molecule has 1 rings (SSSR count). The highest BCUT2D eigenvalue weighted by Gasteiger charge is 2.07. The summed E-state index contributed by atoms with van der Waals surface area (Å²) >= 11 is 1.22. The molecule has 0 aromatic carbocycles. The van der Waals surface area contributed by atoms with Crippen molar-refractivity contribution in [3.63, 3.8) is 0 Å². The molecular weight excluding hydrogens is 190 g/mol. The number of oxime groups is 1. The van der Waals surface area contributed by atoms with Gasteiger partial charge in [-0.25, -0.2) is 0 Å². The fraction of sp³-hybridized carbons (Fsp3) is 0.143. The van der Waals surface area contributed by atoms with Gasteiger partial charge >= 0.3 is 0 Å². The third kappa shape index (κ3) is 2.19. The van der Waals surface area contributed by atoms with Crippen LogP contribution >= 0.6 is 11.3 Å². The first kappa shape index (κ1) is 9.53. The lowest BCUT2D eigenvalue weighted by Gasteiger charge is -1.93. The van der Waals surface area contributed by atoms with Crippen LogP contribution in [0.25, 0.3) is 0 Å². The van der Waals surface area contributed by atoms with Crippen LogP contribution in [0.2, 0.25) is 0 Å². The van der Waals surface area contributed by atoms with Gasteiger partial charge in [0.15, 0.2) is 5.84 Å². The van der Waals surface area contributed by atoms with Gasteiger partial charge in [-0.3, -0.25) is 4.79 Å². The molecule has 0 aliphatic heterocycles. The van der Waals surface area contributed by atoms with E-state index in [1.165, 1.54) is 18.4 Å². The molecule has 0 spiro atoms. The van der Waals surface area contributed by atoms with E-state index < -0.39 is 5.91 Å². The summed E-state index contributed by atoms with van der Waals surface area (Å²) in [5, 5.41) is 5.21. The lowest BCUT2D eigenvalue weighted by molar-refractivity contribution is 0.100. The number of carbonyl (C=O) groups is 1. The Balaban J connectivity index is 2.92. The SMILES string of the molecule is CON=C(N)c1csc(C(N)=O)c1. The van der Waals surface area contributed by atoms with Crippen molar-refractivity contribution >= 4 is 23.1 Å². The first-order valence-corrected chi connectivity index (χ1v) is 4.28. The fourth-order valence-electron chi connectivity index (χ4n) is 0.751. The van der Waals surface area contributed by atoms with E-state index in [1.807, 2.05) is 0 Å². The van der Waals surface area contributed by atoms with Crippen LogP contribution in [0.15, 0.2) is 16.6 Å². The van der Waals surface area contributed by atoms with Crippen molar-refractivity contribution in [2.75, 3.05) is 7.11 Å². The molecule has 0 saturated heterocycles. The van der Waals surface area contributed by atoms with E-state index in [4.69, 9.17) is 11.5 Å². The first-order chi connectivity index (χ1) is 6.15. The van der Waals surface area contributed by atoms with E-state index in [-0.39, 0.29) is 5.84 Å². The summed E-state index contributed by atoms with van der Waals surface area (Å²) in [7, 11) is 1.40. The molecule has 70 valence electrons. The largest absolute Gasteiger partial charge is 0.397 e. The molecule has 13 heavy (non-hydrogen) atoms. The second-order valence-electron chi connectivity index (χ2n) is 2.22. The lowest BCUT2D eigenvalue weighted by Crippen LogP contribution is -2.13. The number of nitrogens with two attached hydrogens (primary N) is 2. The number of amidine groups is 1. The molecular formula is C7H9N3O2S. The highest BCUT2D eigenvalue weighted by molar-refractivity contribution is 7.12. The Bertz CT molecular complexity index is 345. The molecule has 0 bridgehead atoms. The summed E-state index contributed by atoms with van der Waals surface area (Å²) in [5.41, 5.74) is 11.2. The second-order valence-corrected chi connectivity index (χ2v) is 3.13. The van der Waals surface area contributed by atoms with Crippen molar-refractivity contribution < 1.29 is 9.63 Å². The van der Waals surface area contributed by atoms with Crippen LogP contribution in [0, 0.1) is 0 Å². The van der Waals surface area contributed by atoms with Crippen molar-refractivity contribution in [3.8, 4) is 0 Å². The van der Waals surface area contributed by atoms with Gasteiger partial charge in [-0.1, -0.05) is 5.16 Å². The normalized spacial score (nSPS) is 11.3. The molecule has 0 fully saturated rings. The number of nitrogens with zero attached hydrogens (tertiary/aromatic N) is 1.